The molecule has 1 unspecified atom stereocenters. The van der Waals surface area contributed by atoms with Gasteiger partial charge in [0.05, 0.1) is 0 Å². The number of hydrogen-bond acceptors (Lipinski definition) is 6. The fraction of sp³-hybridized carbons (Fsp3) is 0.938. The van der Waals surface area contributed by atoms with Crippen LogP contribution in [0.1, 0.15) is 259 Å². The maximum absolute atomic E-state index is 12.7. The van der Waals surface area contributed by atoms with Gasteiger partial charge in [0.1, 0.15) is 13.2 Å². The molecular weight excluding hydrogens is 673 g/mol. The Kier molecular flexibility index (Phi) is 39.8. The van der Waals surface area contributed by atoms with Crippen molar-refractivity contribution in [3.05, 3.63) is 0 Å². The third-order valence-electron chi connectivity index (χ3n) is 11.1. The van der Waals surface area contributed by atoms with Crippen molar-refractivity contribution in [3.8, 4) is 0 Å². The maximum Gasteiger partial charge on any atom is 0.306 e. The zero-order valence-corrected chi connectivity index (χ0v) is 36.8. The molecular formula is C48H92O6. The first-order valence-corrected chi connectivity index (χ1v) is 23.8. The first-order valence-electron chi connectivity index (χ1n) is 23.8. The van der Waals surface area contributed by atoms with Gasteiger partial charge < -0.3 is 14.2 Å². The van der Waals surface area contributed by atoms with Crippen LogP contribution in [0.4, 0.5) is 0 Å². The molecule has 0 amide bonds. The van der Waals surface area contributed by atoms with Gasteiger partial charge in [-0.1, -0.05) is 221 Å². The molecule has 0 aliphatic carbocycles. The Balaban J connectivity index is 4.32. The molecule has 0 saturated heterocycles. The molecule has 0 rings (SSSR count). The lowest BCUT2D eigenvalue weighted by molar-refractivity contribution is -0.167. The quantitative estimate of drug-likeness (QED) is 0.0350. The van der Waals surface area contributed by atoms with Gasteiger partial charge in [-0.05, 0) is 31.1 Å². The summed E-state index contributed by atoms with van der Waals surface area (Å²) in [7, 11) is 0. The zero-order valence-electron chi connectivity index (χ0n) is 36.8. The van der Waals surface area contributed by atoms with Crippen LogP contribution in [-0.4, -0.2) is 37.2 Å². The second kappa shape index (κ2) is 41.1. The number of rotatable bonds is 42. The lowest BCUT2D eigenvalue weighted by Gasteiger charge is -2.18. The van der Waals surface area contributed by atoms with Gasteiger partial charge in [-0.15, -0.1) is 0 Å². The van der Waals surface area contributed by atoms with Gasteiger partial charge in [0.25, 0.3) is 0 Å². The van der Waals surface area contributed by atoms with E-state index in [1.807, 2.05) is 0 Å². The molecule has 6 nitrogen and oxygen atoms in total. The van der Waals surface area contributed by atoms with Crippen LogP contribution < -0.4 is 0 Å². The largest absolute Gasteiger partial charge is 0.462 e. The zero-order chi connectivity index (χ0) is 39.7. The van der Waals surface area contributed by atoms with Crippen LogP contribution in [0.5, 0.6) is 0 Å². The van der Waals surface area contributed by atoms with Gasteiger partial charge in [-0.25, -0.2) is 0 Å². The predicted molar refractivity (Wildman–Crippen MR) is 229 cm³/mol. The first kappa shape index (κ1) is 52.4. The lowest BCUT2D eigenvalue weighted by atomic mass is 9.99. The SMILES string of the molecule is CCCCCCCCCCCCCCCC(=O)O[C@H](COC(=O)CCCCCCCCCCCCC(C)CC)COC(=O)CCCCCCCCC(C)C. The summed E-state index contributed by atoms with van der Waals surface area (Å²) in [4.78, 5) is 37.7. The smallest absolute Gasteiger partial charge is 0.306 e. The Hall–Kier alpha value is -1.59. The van der Waals surface area contributed by atoms with E-state index in [2.05, 4.69) is 34.6 Å². The minimum atomic E-state index is -0.761. The fourth-order valence-corrected chi connectivity index (χ4v) is 7.07. The molecule has 0 bridgehead atoms. The lowest BCUT2D eigenvalue weighted by Crippen LogP contribution is -2.30. The Morgan fingerprint density at radius 2 is 0.704 bits per heavy atom. The van der Waals surface area contributed by atoms with Gasteiger partial charge >= 0.3 is 17.9 Å². The predicted octanol–water partition coefficient (Wildman–Crippen LogP) is 15.0. The van der Waals surface area contributed by atoms with Gasteiger partial charge in [0.15, 0.2) is 6.10 Å². The number of esters is 3. The Labute approximate surface area is 336 Å². The number of unbranched alkanes of at least 4 members (excludes halogenated alkanes) is 26. The van der Waals surface area contributed by atoms with Crippen molar-refractivity contribution in [2.45, 2.75) is 265 Å². The third kappa shape index (κ3) is 40.1. The average Bonchev–Trinajstić information content (AvgIpc) is 3.15. The second-order valence-corrected chi connectivity index (χ2v) is 17.1. The van der Waals surface area contributed by atoms with Crippen LogP contribution in [0.15, 0.2) is 0 Å². The molecule has 2 atom stereocenters. The molecule has 0 aromatic carbocycles. The van der Waals surface area contributed by atoms with Crippen molar-refractivity contribution in [1.29, 1.82) is 0 Å². The van der Waals surface area contributed by atoms with E-state index in [1.54, 1.807) is 0 Å². The van der Waals surface area contributed by atoms with Gasteiger partial charge in [-0.3, -0.25) is 14.4 Å². The molecule has 0 aromatic rings. The average molecular weight is 765 g/mol. The first-order chi connectivity index (χ1) is 26.3. The van der Waals surface area contributed by atoms with Crippen LogP contribution in [0.2, 0.25) is 0 Å². The van der Waals surface area contributed by atoms with Crippen LogP contribution in [-0.2, 0) is 28.6 Å². The van der Waals surface area contributed by atoms with Crippen molar-refractivity contribution in [2.24, 2.45) is 11.8 Å². The monoisotopic (exact) mass is 765 g/mol. The highest BCUT2D eigenvalue weighted by atomic mass is 16.6. The molecule has 320 valence electrons. The summed E-state index contributed by atoms with van der Waals surface area (Å²) in [5, 5.41) is 0. The summed E-state index contributed by atoms with van der Waals surface area (Å²) in [5.74, 6) is 0.774. The van der Waals surface area contributed by atoms with Gasteiger partial charge in [-0.2, -0.15) is 0 Å². The van der Waals surface area contributed by atoms with Crippen LogP contribution in [0, 0.1) is 11.8 Å². The van der Waals surface area contributed by atoms with E-state index in [0.717, 1.165) is 69.6 Å². The van der Waals surface area contributed by atoms with Gasteiger partial charge in [0.2, 0.25) is 0 Å². The van der Waals surface area contributed by atoms with Crippen molar-refractivity contribution >= 4 is 17.9 Å². The van der Waals surface area contributed by atoms with E-state index >= 15 is 0 Å². The van der Waals surface area contributed by atoms with Gasteiger partial charge in [0, 0.05) is 19.3 Å². The highest BCUT2D eigenvalue weighted by Gasteiger charge is 2.19. The minimum absolute atomic E-state index is 0.0653. The summed E-state index contributed by atoms with van der Waals surface area (Å²) in [6.45, 7) is 11.3. The topological polar surface area (TPSA) is 78.9 Å². The highest BCUT2D eigenvalue weighted by molar-refractivity contribution is 5.71. The number of carbonyl (C=O) groups is 3. The number of carbonyl (C=O) groups excluding carboxylic acids is 3. The fourth-order valence-electron chi connectivity index (χ4n) is 7.07. The van der Waals surface area contributed by atoms with E-state index < -0.39 is 6.10 Å². The highest BCUT2D eigenvalue weighted by Crippen LogP contribution is 2.17. The molecule has 0 fully saturated rings. The van der Waals surface area contributed by atoms with E-state index in [4.69, 9.17) is 14.2 Å². The minimum Gasteiger partial charge on any atom is -0.462 e. The molecule has 6 heteroatoms. The van der Waals surface area contributed by atoms with Crippen LogP contribution in [0.3, 0.4) is 0 Å². The molecule has 0 heterocycles. The molecule has 0 spiro atoms. The summed E-state index contributed by atoms with van der Waals surface area (Å²) in [6, 6.07) is 0. The summed E-state index contributed by atoms with van der Waals surface area (Å²) < 4.78 is 16.7. The number of ether oxygens (including phenoxy) is 3. The van der Waals surface area contributed by atoms with Crippen molar-refractivity contribution < 1.29 is 28.6 Å². The molecule has 54 heavy (non-hydrogen) atoms. The third-order valence-corrected chi connectivity index (χ3v) is 11.1. The van der Waals surface area contributed by atoms with E-state index in [-0.39, 0.29) is 31.1 Å². The standard InChI is InChI=1S/C48H92O6/c1-6-8-9-10-11-12-13-14-15-20-23-30-35-40-48(51)54-45(42-53-47(50)39-34-29-25-24-26-31-36-43(3)4)41-52-46(49)38-33-28-22-19-17-16-18-21-27-32-37-44(5)7-2/h43-45H,6-42H2,1-5H3/t44?,45-/m1/s1. The Morgan fingerprint density at radius 3 is 1.06 bits per heavy atom. The van der Waals surface area contributed by atoms with Crippen molar-refractivity contribution in [2.75, 3.05) is 13.2 Å². The summed E-state index contributed by atoms with van der Waals surface area (Å²) >= 11 is 0. The normalized spacial score (nSPS) is 12.6. The Morgan fingerprint density at radius 1 is 0.389 bits per heavy atom. The maximum atomic E-state index is 12.7. The van der Waals surface area contributed by atoms with Crippen LogP contribution in [0.25, 0.3) is 0 Å². The van der Waals surface area contributed by atoms with E-state index in [1.165, 1.54) is 148 Å². The molecule has 0 aromatic heterocycles. The van der Waals surface area contributed by atoms with Crippen molar-refractivity contribution in [3.63, 3.8) is 0 Å². The van der Waals surface area contributed by atoms with Crippen molar-refractivity contribution in [1.82, 2.24) is 0 Å². The Bertz CT molecular complexity index is 826. The molecule has 0 saturated carbocycles. The second-order valence-electron chi connectivity index (χ2n) is 17.1. The molecule has 0 radical (unpaired) electrons. The summed E-state index contributed by atoms with van der Waals surface area (Å²) in [6.07, 6.45) is 39.5. The van der Waals surface area contributed by atoms with E-state index in [0.29, 0.717) is 19.3 Å². The van der Waals surface area contributed by atoms with E-state index in [9.17, 15) is 14.4 Å². The summed E-state index contributed by atoms with van der Waals surface area (Å²) in [5.41, 5.74) is 0. The molecule has 0 N–H and O–H groups in total. The molecule has 0 aliphatic rings. The number of hydrogen-bond donors (Lipinski definition) is 0. The molecule has 0 aliphatic heterocycles. The van der Waals surface area contributed by atoms with Crippen LogP contribution >= 0.6 is 0 Å².